The number of benzene rings is 1. The van der Waals surface area contributed by atoms with Gasteiger partial charge in [-0.05, 0) is 37.3 Å². The van der Waals surface area contributed by atoms with Crippen LogP contribution in [0.15, 0.2) is 51.4 Å². The van der Waals surface area contributed by atoms with Crippen LogP contribution in [0.25, 0.3) is 22.2 Å². The number of carbonyl (C=O) groups is 1. The summed E-state index contributed by atoms with van der Waals surface area (Å²) >= 11 is 2.57. The van der Waals surface area contributed by atoms with Crippen LogP contribution in [0, 0.1) is 12.8 Å². The van der Waals surface area contributed by atoms with E-state index >= 15 is 0 Å². The molecule has 1 unspecified atom stereocenters. The number of para-hydroxylation sites is 1. The van der Waals surface area contributed by atoms with E-state index in [0.29, 0.717) is 28.7 Å². The molecule has 0 radical (unpaired) electrons. The SMILES string of the molecule is Cc1[nH]c2ccccc2c1-c1csc(NC(=O)C2CCCN(S(=O)(=O)c3cccs3)C2)n1. The molecule has 1 atom stereocenters. The van der Waals surface area contributed by atoms with E-state index in [0.717, 1.165) is 27.9 Å². The number of thiophene rings is 1. The quantitative estimate of drug-likeness (QED) is 0.427. The highest BCUT2D eigenvalue weighted by Crippen LogP contribution is 2.34. The second kappa shape index (κ2) is 8.43. The van der Waals surface area contributed by atoms with Crippen molar-refractivity contribution >= 4 is 54.6 Å². The van der Waals surface area contributed by atoms with Crippen LogP contribution in [0.1, 0.15) is 18.5 Å². The lowest BCUT2D eigenvalue weighted by Gasteiger charge is -2.30. The number of hydrogen-bond donors (Lipinski definition) is 2. The zero-order valence-corrected chi connectivity index (χ0v) is 19.8. The van der Waals surface area contributed by atoms with E-state index in [1.807, 2.05) is 30.5 Å². The number of fused-ring (bicyclic) bond motifs is 1. The van der Waals surface area contributed by atoms with Crippen LogP contribution in [0.2, 0.25) is 0 Å². The van der Waals surface area contributed by atoms with Crippen molar-refractivity contribution in [3.05, 3.63) is 52.9 Å². The molecule has 1 aromatic carbocycles. The highest BCUT2D eigenvalue weighted by molar-refractivity contribution is 7.91. The van der Waals surface area contributed by atoms with Gasteiger partial charge in [-0.3, -0.25) is 4.79 Å². The number of nitrogens with one attached hydrogen (secondary N) is 2. The predicted molar refractivity (Wildman–Crippen MR) is 129 cm³/mol. The van der Waals surface area contributed by atoms with Crippen molar-refractivity contribution in [2.24, 2.45) is 5.92 Å². The Labute approximate surface area is 194 Å². The third kappa shape index (κ3) is 3.88. The molecule has 166 valence electrons. The Kier molecular flexibility index (Phi) is 5.62. The molecule has 0 bridgehead atoms. The van der Waals surface area contributed by atoms with E-state index in [-0.39, 0.29) is 12.5 Å². The average molecular weight is 487 g/mol. The van der Waals surface area contributed by atoms with E-state index in [2.05, 4.69) is 21.4 Å². The molecule has 10 heteroatoms. The van der Waals surface area contributed by atoms with Gasteiger partial charge in [0.25, 0.3) is 10.0 Å². The van der Waals surface area contributed by atoms with Gasteiger partial charge in [-0.25, -0.2) is 13.4 Å². The Morgan fingerprint density at radius 1 is 1.22 bits per heavy atom. The van der Waals surface area contributed by atoms with E-state index in [9.17, 15) is 13.2 Å². The maximum absolute atomic E-state index is 12.9. The molecule has 4 aromatic rings. The highest BCUT2D eigenvalue weighted by Gasteiger charge is 2.34. The summed E-state index contributed by atoms with van der Waals surface area (Å²) in [6.45, 7) is 2.63. The molecular formula is C22H22N4O3S3. The van der Waals surface area contributed by atoms with Crippen LogP contribution >= 0.6 is 22.7 Å². The molecule has 4 heterocycles. The summed E-state index contributed by atoms with van der Waals surface area (Å²) in [6, 6.07) is 11.4. The van der Waals surface area contributed by atoms with Crippen molar-refractivity contribution in [1.82, 2.24) is 14.3 Å². The van der Waals surface area contributed by atoms with Crippen LogP contribution < -0.4 is 5.32 Å². The first kappa shape index (κ1) is 21.3. The number of thiazole rings is 1. The molecule has 1 saturated heterocycles. The molecule has 1 aliphatic heterocycles. The fourth-order valence-electron chi connectivity index (χ4n) is 4.17. The summed E-state index contributed by atoms with van der Waals surface area (Å²) in [5, 5.41) is 8.21. The summed E-state index contributed by atoms with van der Waals surface area (Å²) in [4.78, 5) is 20.9. The molecule has 1 aliphatic rings. The lowest BCUT2D eigenvalue weighted by Crippen LogP contribution is -2.43. The first-order valence-corrected chi connectivity index (χ1v) is 13.5. The number of piperidine rings is 1. The molecule has 0 aliphatic carbocycles. The molecule has 0 spiro atoms. The fraction of sp³-hybridized carbons (Fsp3) is 0.273. The van der Waals surface area contributed by atoms with Gasteiger partial charge in [0.1, 0.15) is 4.21 Å². The first-order valence-electron chi connectivity index (χ1n) is 10.3. The average Bonchev–Trinajstić information content (AvgIpc) is 3.53. The minimum atomic E-state index is -3.55. The number of amides is 1. The molecule has 1 fully saturated rings. The number of nitrogens with zero attached hydrogens (tertiary/aromatic N) is 2. The number of anilines is 1. The summed E-state index contributed by atoms with van der Waals surface area (Å²) in [5.41, 5.74) is 3.91. The smallest absolute Gasteiger partial charge is 0.252 e. The third-order valence-electron chi connectivity index (χ3n) is 5.73. The molecule has 5 rings (SSSR count). The van der Waals surface area contributed by atoms with E-state index in [1.54, 1.807) is 17.5 Å². The van der Waals surface area contributed by atoms with Gasteiger partial charge in [0.05, 0.1) is 11.6 Å². The zero-order chi connectivity index (χ0) is 22.3. The number of H-pyrrole nitrogens is 1. The van der Waals surface area contributed by atoms with Crippen LogP contribution in [0.5, 0.6) is 0 Å². The van der Waals surface area contributed by atoms with Gasteiger partial charge < -0.3 is 10.3 Å². The Hall–Kier alpha value is -2.53. The largest absolute Gasteiger partial charge is 0.358 e. The van der Waals surface area contributed by atoms with Crippen LogP contribution in [0.4, 0.5) is 5.13 Å². The predicted octanol–water partition coefficient (Wildman–Crippen LogP) is 4.70. The minimum absolute atomic E-state index is 0.186. The number of carbonyl (C=O) groups excluding carboxylic acids is 1. The molecular weight excluding hydrogens is 464 g/mol. The lowest BCUT2D eigenvalue weighted by atomic mass is 9.99. The lowest BCUT2D eigenvalue weighted by molar-refractivity contribution is -0.120. The van der Waals surface area contributed by atoms with Gasteiger partial charge in [0, 0.05) is 40.6 Å². The van der Waals surface area contributed by atoms with Crippen molar-refractivity contribution in [3.63, 3.8) is 0 Å². The van der Waals surface area contributed by atoms with Gasteiger partial charge in [-0.1, -0.05) is 24.3 Å². The maximum Gasteiger partial charge on any atom is 0.252 e. The van der Waals surface area contributed by atoms with Crippen LogP contribution in [0.3, 0.4) is 0 Å². The Bertz CT molecular complexity index is 1370. The third-order valence-corrected chi connectivity index (χ3v) is 9.72. The van der Waals surface area contributed by atoms with Gasteiger partial charge in [-0.15, -0.1) is 22.7 Å². The van der Waals surface area contributed by atoms with E-state index in [1.165, 1.54) is 27.0 Å². The second-order valence-electron chi connectivity index (χ2n) is 7.83. The highest BCUT2D eigenvalue weighted by atomic mass is 32.2. The molecule has 3 aromatic heterocycles. The molecule has 32 heavy (non-hydrogen) atoms. The standard InChI is InChI=1S/C22H22N4O3S3/c1-14-20(16-7-2-3-8-17(16)23-14)18-13-31-22(24-18)25-21(27)15-6-4-10-26(12-15)32(28,29)19-9-5-11-30-19/h2-3,5,7-9,11,13,15,23H,4,6,10,12H2,1H3,(H,24,25,27). The van der Waals surface area contributed by atoms with Crippen molar-refractivity contribution in [2.45, 2.75) is 24.0 Å². The number of hydrogen-bond acceptors (Lipinski definition) is 6. The van der Waals surface area contributed by atoms with Gasteiger partial charge in [0.2, 0.25) is 5.91 Å². The number of sulfonamides is 1. The monoisotopic (exact) mass is 486 g/mol. The summed E-state index contributed by atoms with van der Waals surface area (Å²) in [6.07, 6.45) is 1.31. The van der Waals surface area contributed by atoms with Crippen LogP contribution in [-0.4, -0.2) is 41.7 Å². The number of aryl methyl sites for hydroxylation is 1. The molecule has 2 N–H and O–H groups in total. The van der Waals surface area contributed by atoms with Crippen LogP contribution in [-0.2, 0) is 14.8 Å². The van der Waals surface area contributed by atoms with Crippen molar-refractivity contribution < 1.29 is 13.2 Å². The molecule has 7 nitrogen and oxygen atoms in total. The van der Waals surface area contributed by atoms with Gasteiger partial charge >= 0.3 is 0 Å². The van der Waals surface area contributed by atoms with Gasteiger partial charge in [-0.2, -0.15) is 4.31 Å². The number of rotatable bonds is 5. The summed E-state index contributed by atoms with van der Waals surface area (Å²) in [5.74, 6) is -0.590. The number of aromatic amines is 1. The fourth-order valence-corrected chi connectivity index (χ4v) is 7.55. The Balaban J connectivity index is 1.32. The maximum atomic E-state index is 12.9. The minimum Gasteiger partial charge on any atom is -0.358 e. The van der Waals surface area contributed by atoms with Crippen molar-refractivity contribution in [3.8, 4) is 11.3 Å². The number of aromatic nitrogens is 2. The zero-order valence-electron chi connectivity index (χ0n) is 17.4. The normalized spacial score (nSPS) is 17.6. The van der Waals surface area contributed by atoms with E-state index < -0.39 is 15.9 Å². The van der Waals surface area contributed by atoms with Crippen molar-refractivity contribution in [2.75, 3.05) is 18.4 Å². The Morgan fingerprint density at radius 3 is 2.88 bits per heavy atom. The van der Waals surface area contributed by atoms with E-state index in [4.69, 9.17) is 0 Å². The summed E-state index contributed by atoms with van der Waals surface area (Å²) < 4.78 is 27.4. The summed E-state index contributed by atoms with van der Waals surface area (Å²) in [7, 11) is -3.55. The Morgan fingerprint density at radius 2 is 2.06 bits per heavy atom. The second-order valence-corrected chi connectivity index (χ2v) is 11.8. The topological polar surface area (TPSA) is 95.2 Å². The first-order chi connectivity index (χ1) is 15.4. The molecule has 0 saturated carbocycles. The van der Waals surface area contributed by atoms with Gasteiger partial charge in [0.15, 0.2) is 5.13 Å². The molecule has 1 amide bonds. The van der Waals surface area contributed by atoms with Crippen molar-refractivity contribution in [1.29, 1.82) is 0 Å².